The van der Waals surface area contributed by atoms with Gasteiger partial charge >= 0.3 is 0 Å². The number of rotatable bonds is 4. The van der Waals surface area contributed by atoms with Gasteiger partial charge in [0.2, 0.25) is 0 Å². The Labute approximate surface area is 143 Å². The maximum absolute atomic E-state index is 5.33. The van der Waals surface area contributed by atoms with Crippen molar-refractivity contribution in [3.63, 3.8) is 0 Å². The zero-order chi connectivity index (χ0) is 15.9. The van der Waals surface area contributed by atoms with Gasteiger partial charge in [-0.1, -0.05) is 30.3 Å². The number of nitrogens with zero attached hydrogens (tertiary/aromatic N) is 1. The first-order valence-electron chi connectivity index (χ1n) is 8.25. The molecule has 3 rings (SSSR count). The van der Waals surface area contributed by atoms with E-state index in [1.807, 2.05) is 30.3 Å². The van der Waals surface area contributed by atoms with E-state index in [-0.39, 0.29) is 0 Å². The second kappa shape index (κ2) is 7.97. The van der Waals surface area contributed by atoms with E-state index in [0.717, 1.165) is 12.2 Å². The summed E-state index contributed by atoms with van der Waals surface area (Å²) in [5.74, 6) is 0. The molecule has 1 aliphatic heterocycles. The molecule has 120 valence electrons. The minimum atomic E-state index is 0.649. The Morgan fingerprint density at radius 1 is 0.913 bits per heavy atom. The zero-order valence-electron chi connectivity index (χ0n) is 13.3. The molecule has 0 radical (unpaired) electrons. The van der Waals surface area contributed by atoms with Gasteiger partial charge in [-0.3, -0.25) is 0 Å². The molecule has 0 atom stereocenters. The van der Waals surface area contributed by atoms with Gasteiger partial charge in [0.05, 0.1) is 0 Å². The number of hydrogen-bond acceptors (Lipinski definition) is 2. The van der Waals surface area contributed by atoms with E-state index in [1.54, 1.807) is 0 Å². The van der Waals surface area contributed by atoms with Crippen molar-refractivity contribution in [2.75, 3.05) is 23.3 Å². The van der Waals surface area contributed by atoms with Crippen molar-refractivity contribution in [2.24, 2.45) is 0 Å². The standard InChI is InChI=1S/C19H23N3S/c23-19(21-17-7-3-1-4-8-17)20-15-16-9-11-18(12-10-16)22-13-5-2-6-14-22/h1,3-4,7-12H,2,5-6,13-15H2,(H2,20,21,23). The maximum atomic E-state index is 5.33. The quantitative estimate of drug-likeness (QED) is 0.825. The normalized spacial score (nSPS) is 14.3. The molecular formula is C19H23N3S. The van der Waals surface area contributed by atoms with Gasteiger partial charge in [-0.15, -0.1) is 0 Å². The second-order valence-electron chi connectivity index (χ2n) is 5.89. The second-order valence-corrected chi connectivity index (χ2v) is 6.30. The van der Waals surface area contributed by atoms with E-state index in [0.29, 0.717) is 5.11 Å². The van der Waals surface area contributed by atoms with Crippen LogP contribution in [0.1, 0.15) is 24.8 Å². The van der Waals surface area contributed by atoms with Gasteiger partial charge in [0, 0.05) is 31.0 Å². The molecule has 2 N–H and O–H groups in total. The Morgan fingerprint density at radius 3 is 2.30 bits per heavy atom. The summed E-state index contributed by atoms with van der Waals surface area (Å²) in [5, 5.41) is 7.09. The summed E-state index contributed by atoms with van der Waals surface area (Å²) in [5.41, 5.74) is 3.58. The van der Waals surface area contributed by atoms with Crippen molar-refractivity contribution in [2.45, 2.75) is 25.8 Å². The lowest BCUT2D eigenvalue weighted by Gasteiger charge is -2.28. The van der Waals surface area contributed by atoms with Crippen LogP contribution < -0.4 is 15.5 Å². The average Bonchev–Trinajstić information content (AvgIpc) is 2.62. The van der Waals surface area contributed by atoms with E-state index in [9.17, 15) is 0 Å². The molecule has 0 aliphatic carbocycles. The minimum absolute atomic E-state index is 0.649. The molecule has 0 amide bonds. The van der Waals surface area contributed by atoms with Crippen molar-refractivity contribution < 1.29 is 0 Å². The number of anilines is 2. The van der Waals surface area contributed by atoms with Crippen LogP contribution in [0.4, 0.5) is 11.4 Å². The third-order valence-electron chi connectivity index (χ3n) is 4.14. The fourth-order valence-corrected chi connectivity index (χ4v) is 3.05. The molecule has 1 heterocycles. The van der Waals surface area contributed by atoms with Crippen molar-refractivity contribution in [1.29, 1.82) is 0 Å². The molecular weight excluding hydrogens is 302 g/mol. The third-order valence-corrected chi connectivity index (χ3v) is 4.39. The fraction of sp³-hybridized carbons (Fsp3) is 0.316. The smallest absolute Gasteiger partial charge is 0.171 e. The number of hydrogen-bond donors (Lipinski definition) is 2. The van der Waals surface area contributed by atoms with Crippen LogP contribution in [0.5, 0.6) is 0 Å². The number of thiocarbonyl (C=S) groups is 1. The van der Waals surface area contributed by atoms with Crippen LogP contribution in [0.3, 0.4) is 0 Å². The molecule has 2 aromatic carbocycles. The molecule has 3 nitrogen and oxygen atoms in total. The molecule has 0 spiro atoms. The van der Waals surface area contributed by atoms with E-state index < -0.39 is 0 Å². The lowest BCUT2D eigenvalue weighted by atomic mass is 10.1. The van der Waals surface area contributed by atoms with Gasteiger partial charge in [0.25, 0.3) is 0 Å². The van der Waals surface area contributed by atoms with E-state index in [2.05, 4.69) is 39.8 Å². The molecule has 2 aromatic rings. The van der Waals surface area contributed by atoms with Gasteiger partial charge in [-0.2, -0.15) is 0 Å². The molecule has 0 bridgehead atoms. The minimum Gasteiger partial charge on any atom is -0.372 e. The molecule has 4 heteroatoms. The summed E-state index contributed by atoms with van der Waals surface area (Å²) < 4.78 is 0. The average molecular weight is 325 g/mol. The van der Waals surface area contributed by atoms with Gasteiger partial charge in [0.1, 0.15) is 0 Å². The van der Waals surface area contributed by atoms with Gasteiger partial charge in [-0.25, -0.2) is 0 Å². The van der Waals surface area contributed by atoms with E-state index >= 15 is 0 Å². The van der Waals surface area contributed by atoms with Gasteiger partial charge < -0.3 is 15.5 Å². The molecule has 23 heavy (non-hydrogen) atoms. The van der Waals surface area contributed by atoms with Crippen LogP contribution in [-0.4, -0.2) is 18.2 Å². The van der Waals surface area contributed by atoms with Crippen LogP contribution in [-0.2, 0) is 6.54 Å². The molecule has 0 aromatic heterocycles. The number of benzene rings is 2. The first kappa shape index (κ1) is 15.8. The number of nitrogens with one attached hydrogen (secondary N) is 2. The summed E-state index contributed by atoms with van der Waals surface area (Å²) in [7, 11) is 0. The topological polar surface area (TPSA) is 27.3 Å². The Morgan fingerprint density at radius 2 is 1.61 bits per heavy atom. The maximum Gasteiger partial charge on any atom is 0.171 e. The summed E-state index contributed by atoms with van der Waals surface area (Å²) in [6.07, 6.45) is 3.98. The molecule has 1 aliphatic rings. The number of para-hydroxylation sites is 1. The lowest BCUT2D eigenvalue weighted by Crippen LogP contribution is -2.29. The van der Waals surface area contributed by atoms with Gasteiger partial charge in [0.15, 0.2) is 5.11 Å². The van der Waals surface area contributed by atoms with E-state index in [4.69, 9.17) is 12.2 Å². The first-order valence-corrected chi connectivity index (χ1v) is 8.66. The SMILES string of the molecule is S=C(NCc1ccc(N2CCCCC2)cc1)Nc1ccccc1. The zero-order valence-corrected chi connectivity index (χ0v) is 14.1. The summed E-state index contributed by atoms with van der Waals surface area (Å²) in [6, 6.07) is 18.8. The van der Waals surface area contributed by atoms with Crippen LogP contribution >= 0.6 is 12.2 Å². The first-order chi connectivity index (χ1) is 11.3. The predicted molar refractivity (Wildman–Crippen MR) is 102 cm³/mol. The van der Waals surface area contributed by atoms with Crippen LogP contribution in [0.15, 0.2) is 54.6 Å². The Hall–Kier alpha value is -2.07. The molecule has 1 saturated heterocycles. The highest BCUT2D eigenvalue weighted by Gasteiger charge is 2.10. The van der Waals surface area contributed by atoms with Crippen LogP contribution in [0.2, 0.25) is 0 Å². The summed E-state index contributed by atoms with van der Waals surface area (Å²) in [6.45, 7) is 3.10. The highest BCUT2D eigenvalue weighted by atomic mass is 32.1. The van der Waals surface area contributed by atoms with Crippen molar-refractivity contribution in [1.82, 2.24) is 5.32 Å². The van der Waals surface area contributed by atoms with Crippen molar-refractivity contribution in [3.8, 4) is 0 Å². The molecule has 0 unspecified atom stereocenters. The third kappa shape index (κ3) is 4.70. The Bertz CT molecular complexity index is 619. The van der Waals surface area contributed by atoms with Gasteiger partial charge in [-0.05, 0) is 61.3 Å². The number of piperidine rings is 1. The summed E-state index contributed by atoms with van der Waals surface area (Å²) >= 11 is 5.33. The van der Waals surface area contributed by atoms with E-state index in [1.165, 1.54) is 43.6 Å². The van der Waals surface area contributed by atoms with Crippen molar-refractivity contribution in [3.05, 3.63) is 60.2 Å². The van der Waals surface area contributed by atoms with Crippen molar-refractivity contribution >= 4 is 28.7 Å². The Balaban J connectivity index is 1.49. The largest absolute Gasteiger partial charge is 0.372 e. The summed E-state index contributed by atoms with van der Waals surface area (Å²) in [4.78, 5) is 2.47. The highest BCUT2D eigenvalue weighted by molar-refractivity contribution is 7.80. The molecule has 1 fully saturated rings. The monoisotopic (exact) mass is 325 g/mol. The Kier molecular flexibility index (Phi) is 5.48. The predicted octanol–water partition coefficient (Wildman–Crippen LogP) is 4.16. The molecule has 0 saturated carbocycles. The van der Waals surface area contributed by atoms with Crippen LogP contribution in [0, 0.1) is 0 Å². The highest BCUT2D eigenvalue weighted by Crippen LogP contribution is 2.20. The van der Waals surface area contributed by atoms with Crippen LogP contribution in [0.25, 0.3) is 0 Å². The lowest BCUT2D eigenvalue weighted by molar-refractivity contribution is 0.578. The fourth-order valence-electron chi connectivity index (χ4n) is 2.86.